The molecule has 0 aromatic rings. The summed E-state index contributed by atoms with van der Waals surface area (Å²) >= 11 is 0. The Morgan fingerprint density at radius 1 is 0.564 bits per heavy atom. The van der Waals surface area contributed by atoms with Crippen LogP contribution in [0.4, 0.5) is 0 Å². The van der Waals surface area contributed by atoms with Crippen LogP contribution in [-0.4, -0.2) is 52.3 Å². The van der Waals surface area contributed by atoms with Gasteiger partial charge in [-0.05, 0) is 64.2 Å². The number of hydrogen-bond acceptors (Lipinski definition) is 7. The van der Waals surface area contributed by atoms with Crippen LogP contribution < -0.4 is 0 Å². The molecule has 10 heteroatoms. The zero-order valence-corrected chi connectivity index (χ0v) is 35.8. The highest BCUT2D eigenvalue weighted by molar-refractivity contribution is 7.46. The fraction of sp³-hybridized carbons (Fsp3) is 0.778. The van der Waals surface area contributed by atoms with Gasteiger partial charge in [0.15, 0.2) is 6.10 Å². The topological polar surface area (TPSA) is 140 Å². The number of unbranched alkanes of at least 4 members (excludes halogenated alkanes) is 22. The molecule has 320 valence electrons. The van der Waals surface area contributed by atoms with Crippen molar-refractivity contribution in [2.75, 3.05) is 13.2 Å². The molecule has 1 unspecified atom stereocenters. The van der Waals surface area contributed by atoms with Crippen LogP contribution in [0.3, 0.4) is 0 Å². The number of carbonyl (C=O) groups excluding carboxylic acids is 2. The Bertz CT molecular complexity index is 1050. The normalized spacial score (nSPS) is 13.5. The third-order valence-electron chi connectivity index (χ3n) is 9.41. The lowest BCUT2D eigenvalue weighted by Crippen LogP contribution is -2.29. The second-order valence-electron chi connectivity index (χ2n) is 14.8. The summed E-state index contributed by atoms with van der Waals surface area (Å²) in [6.45, 7) is 3.46. The van der Waals surface area contributed by atoms with Crippen molar-refractivity contribution in [2.24, 2.45) is 0 Å². The second kappa shape index (κ2) is 40.2. The molecule has 0 amide bonds. The van der Waals surface area contributed by atoms with E-state index in [1.54, 1.807) is 6.08 Å². The van der Waals surface area contributed by atoms with Crippen molar-refractivity contribution in [3.8, 4) is 0 Å². The first kappa shape index (κ1) is 53.0. The molecule has 0 bridgehead atoms. The zero-order chi connectivity index (χ0) is 40.5. The second-order valence-corrected chi connectivity index (χ2v) is 16.1. The highest BCUT2D eigenvalue weighted by Gasteiger charge is 2.23. The molecule has 0 aliphatic rings. The van der Waals surface area contributed by atoms with E-state index in [2.05, 4.69) is 36.6 Å². The first-order valence-electron chi connectivity index (χ1n) is 22.0. The van der Waals surface area contributed by atoms with Gasteiger partial charge in [0, 0.05) is 12.8 Å². The lowest BCUT2D eigenvalue weighted by atomic mass is 10.0. The molecule has 55 heavy (non-hydrogen) atoms. The number of phosphoric ester groups is 1. The molecule has 0 saturated heterocycles. The number of aliphatic hydroxyl groups excluding tert-OH is 1. The predicted molar refractivity (Wildman–Crippen MR) is 227 cm³/mol. The molecule has 3 N–H and O–H groups in total. The maximum atomic E-state index is 12.4. The van der Waals surface area contributed by atoms with Gasteiger partial charge < -0.3 is 24.4 Å². The largest absolute Gasteiger partial charge is 0.469 e. The van der Waals surface area contributed by atoms with Crippen LogP contribution in [0, 0.1) is 0 Å². The Hall–Kier alpha value is -2.03. The Balaban J connectivity index is 3.92. The Kier molecular flexibility index (Phi) is 38.7. The quantitative estimate of drug-likeness (QED) is 0.0182. The highest BCUT2D eigenvalue weighted by Crippen LogP contribution is 2.36. The monoisotopic (exact) mass is 797 g/mol. The van der Waals surface area contributed by atoms with Crippen LogP contribution in [0.2, 0.25) is 0 Å². The third kappa shape index (κ3) is 42.9. The summed E-state index contributed by atoms with van der Waals surface area (Å²) in [5.74, 6) is -0.937. The molecule has 0 aromatic carbocycles. The van der Waals surface area contributed by atoms with E-state index in [0.29, 0.717) is 19.3 Å². The zero-order valence-electron chi connectivity index (χ0n) is 34.9. The van der Waals surface area contributed by atoms with Crippen molar-refractivity contribution in [1.82, 2.24) is 0 Å². The number of allylic oxidation sites excluding steroid dienone is 6. The Labute approximate surface area is 336 Å². The molecule has 9 nitrogen and oxygen atoms in total. The Morgan fingerprint density at radius 3 is 1.55 bits per heavy atom. The van der Waals surface area contributed by atoms with Crippen LogP contribution in [-0.2, 0) is 28.2 Å². The lowest BCUT2D eigenvalue weighted by molar-refractivity contribution is -0.161. The molecule has 2 atom stereocenters. The predicted octanol–water partition coefficient (Wildman–Crippen LogP) is 12.5. The van der Waals surface area contributed by atoms with Crippen LogP contribution in [0.25, 0.3) is 0 Å². The standard InChI is InChI=1S/C45H81O9P/c1-3-5-7-8-9-10-11-12-13-14-15-16-17-18-19-20-21-24-27-30-34-38-44(47)52-40-43(41-53-55(49,50)51)54-45(48)39-35-31-28-25-22-23-26-29-33-37-42(46)36-32-6-4-2/h6,12-13,26,29,32-33,37,42-43,46H,3-5,7-11,14-25,27-28,30-31,34-36,38-41H2,1-2H3,(H2,49,50,51)/b13-12-,29-26+,32-6+,37-33+/t42?,43-/m1/s1. The van der Waals surface area contributed by atoms with Gasteiger partial charge >= 0.3 is 19.8 Å². The van der Waals surface area contributed by atoms with Crippen molar-refractivity contribution in [1.29, 1.82) is 0 Å². The smallest absolute Gasteiger partial charge is 0.462 e. The molecular weight excluding hydrogens is 715 g/mol. The minimum absolute atomic E-state index is 0.165. The third-order valence-corrected chi connectivity index (χ3v) is 9.90. The molecule has 0 aliphatic heterocycles. The summed E-state index contributed by atoms with van der Waals surface area (Å²) in [6.07, 6.45) is 45.9. The van der Waals surface area contributed by atoms with Gasteiger partial charge in [-0.1, -0.05) is 172 Å². The van der Waals surface area contributed by atoms with E-state index in [1.165, 1.54) is 96.3 Å². The van der Waals surface area contributed by atoms with Gasteiger partial charge in [-0.3, -0.25) is 14.1 Å². The molecule has 0 radical (unpaired) electrons. The number of carbonyl (C=O) groups is 2. The van der Waals surface area contributed by atoms with E-state index >= 15 is 0 Å². The summed E-state index contributed by atoms with van der Waals surface area (Å²) in [4.78, 5) is 42.9. The van der Waals surface area contributed by atoms with Crippen LogP contribution >= 0.6 is 7.82 Å². The van der Waals surface area contributed by atoms with Crippen LogP contribution in [0.5, 0.6) is 0 Å². The van der Waals surface area contributed by atoms with Gasteiger partial charge in [0.1, 0.15) is 6.61 Å². The summed E-state index contributed by atoms with van der Waals surface area (Å²) in [7, 11) is -4.77. The highest BCUT2D eigenvalue weighted by atomic mass is 31.2. The van der Waals surface area contributed by atoms with Crippen molar-refractivity contribution in [3.05, 3.63) is 48.6 Å². The summed E-state index contributed by atoms with van der Waals surface area (Å²) in [5.41, 5.74) is 0. The van der Waals surface area contributed by atoms with E-state index in [1.807, 2.05) is 24.3 Å². The summed E-state index contributed by atoms with van der Waals surface area (Å²) in [6, 6.07) is 0. The van der Waals surface area contributed by atoms with Crippen molar-refractivity contribution in [3.63, 3.8) is 0 Å². The molecule has 0 heterocycles. The first-order chi connectivity index (χ1) is 26.7. The molecule has 0 aromatic heterocycles. The number of rotatable bonds is 40. The van der Waals surface area contributed by atoms with Gasteiger partial charge in [-0.25, -0.2) is 4.57 Å². The number of hydrogen-bond donors (Lipinski definition) is 3. The van der Waals surface area contributed by atoms with Gasteiger partial charge in [-0.15, -0.1) is 0 Å². The van der Waals surface area contributed by atoms with Crippen molar-refractivity contribution >= 4 is 19.8 Å². The van der Waals surface area contributed by atoms with Gasteiger partial charge in [0.2, 0.25) is 0 Å². The summed E-state index contributed by atoms with van der Waals surface area (Å²) < 4.78 is 26.4. The molecule has 0 spiro atoms. The fourth-order valence-electron chi connectivity index (χ4n) is 6.11. The average Bonchev–Trinajstić information content (AvgIpc) is 3.15. The van der Waals surface area contributed by atoms with Gasteiger partial charge in [0.25, 0.3) is 0 Å². The van der Waals surface area contributed by atoms with Crippen LogP contribution in [0.15, 0.2) is 48.6 Å². The number of ether oxygens (including phenoxy) is 2. The maximum Gasteiger partial charge on any atom is 0.469 e. The van der Waals surface area contributed by atoms with E-state index in [4.69, 9.17) is 19.3 Å². The van der Waals surface area contributed by atoms with Crippen molar-refractivity contribution in [2.45, 2.75) is 212 Å². The molecule has 0 aliphatic carbocycles. The molecule has 0 fully saturated rings. The minimum atomic E-state index is -4.77. The summed E-state index contributed by atoms with van der Waals surface area (Å²) in [5, 5.41) is 9.85. The van der Waals surface area contributed by atoms with Crippen molar-refractivity contribution < 1.29 is 43.0 Å². The lowest BCUT2D eigenvalue weighted by Gasteiger charge is -2.18. The van der Waals surface area contributed by atoms with E-state index < -0.39 is 38.6 Å². The maximum absolute atomic E-state index is 12.4. The molecular formula is C45H81O9P. The Morgan fingerprint density at radius 2 is 1.04 bits per heavy atom. The molecule has 0 saturated carbocycles. The fourth-order valence-corrected chi connectivity index (χ4v) is 6.47. The number of esters is 2. The van der Waals surface area contributed by atoms with E-state index in [-0.39, 0.29) is 19.4 Å². The number of phosphoric acid groups is 1. The number of aliphatic hydroxyl groups is 1. The van der Waals surface area contributed by atoms with Gasteiger partial charge in [-0.2, -0.15) is 0 Å². The van der Waals surface area contributed by atoms with Crippen LogP contribution in [0.1, 0.15) is 200 Å². The van der Waals surface area contributed by atoms with E-state index in [0.717, 1.165) is 57.8 Å². The molecule has 0 rings (SSSR count). The van der Waals surface area contributed by atoms with E-state index in [9.17, 15) is 19.3 Å². The van der Waals surface area contributed by atoms with Gasteiger partial charge in [0.05, 0.1) is 12.7 Å². The first-order valence-corrected chi connectivity index (χ1v) is 23.6. The SMILES string of the molecule is CC/C=C/CC(O)/C=C/C=C/CCCCCCCC(=O)O[C@H](COC(=O)CCCCCCCCCCCCC/C=C\CCCCCCCC)COP(=O)(O)O. The minimum Gasteiger partial charge on any atom is -0.462 e. The average molecular weight is 797 g/mol.